The van der Waals surface area contributed by atoms with Crippen LogP contribution in [0.1, 0.15) is 88.7 Å². The highest BCUT2D eigenvalue weighted by molar-refractivity contribution is 6.02. The lowest BCUT2D eigenvalue weighted by Crippen LogP contribution is -2.65. The number of rotatable bonds is 13. The smallest absolute Gasteiger partial charge is 0.326 e. The Morgan fingerprint density at radius 3 is 1.69 bits per heavy atom. The Balaban J connectivity index is 0.000000196. The third kappa shape index (κ3) is 9.23. The normalized spacial score (nSPS) is 16.8. The highest BCUT2D eigenvalue weighted by Gasteiger charge is 2.59. The minimum Gasteiger partial charge on any atom is -0.502 e. The molecule has 4 aromatic carbocycles. The fourth-order valence-electron chi connectivity index (χ4n) is 8.95. The molecule has 0 spiro atoms. The molecule has 0 amide bonds. The van der Waals surface area contributed by atoms with Gasteiger partial charge in [-0.15, -0.1) is 0 Å². The summed E-state index contributed by atoms with van der Waals surface area (Å²) in [5, 5.41) is 8.41. The van der Waals surface area contributed by atoms with Gasteiger partial charge in [0.1, 0.15) is 11.5 Å². The summed E-state index contributed by atoms with van der Waals surface area (Å²) in [6.45, 7) is 27.0. The molecular weight excluding hydrogens is 853 g/mol. The van der Waals surface area contributed by atoms with Crippen LogP contribution in [0.4, 0.5) is 11.4 Å². The molecule has 1 fully saturated rings. The molecule has 67 heavy (non-hydrogen) atoms. The lowest BCUT2D eigenvalue weighted by atomic mass is 9.78. The van der Waals surface area contributed by atoms with Crippen molar-refractivity contribution in [2.75, 3.05) is 26.3 Å². The summed E-state index contributed by atoms with van der Waals surface area (Å²) in [5.74, 6) is 1.73. The molecule has 344 valence electrons. The van der Waals surface area contributed by atoms with Crippen molar-refractivity contribution in [1.82, 2.24) is 25.2 Å². The SMILES string of the molecule is [C-]#[N+]c1cc(-c2nc(-c3cccc4c3CC[C@H]4N)no2)ccc1OC(C)C.[C-]#[N+]c1cc(-c2nc(-c3cccc4c3CC[C@H]4N3CC(C(=O)OCC)(C(=O)OCC)C3)no2)ccc1OC(C)C. The van der Waals surface area contributed by atoms with Crippen LogP contribution in [0.3, 0.4) is 0 Å². The van der Waals surface area contributed by atoms with Crippen molar-refractivity contribution < 1.29 is 37.6 Å². The van der Waals surface area contributed by atoms with Gasteiger partial charge in [0, 0.05) is 47.4 Å². The second kappa shape index (κ2) is 19.6. The number of carbonyl (C=O) groups is 2. The van der Waals surface area contributed by atoms with Gasteiger partial charge >= 0.3 is 11.9 Å². The van der Waals surface area contributed by atoms with E-state index in [0.717, 1.165) is 53.5 Å². The van der Waals surface area contributed by atoms with E-state index in [9.17, 15) is 9.59 Å². The first-order valence-electron chi connectivity index (χ1n) is 22.5. The van der Waals surface area contributed by atoms with Crippen molar-refractivity contribution in [3.63, 3.8) is 0 Å². The molecule has 2 aliphatic carbocycles. The van der Waals surface area contributed by atoms with Crippen LogP contribution in [0.2, 0.25) is 0 Å². The number of nitrogens with two attached hydrogens (primary N) is 1. The van der Waals surface area contributed by atoms with Crippen LogP contribution < -0.4 is 15.2 Å². The van der Waals surface area contributed by atoms with E-state index in [2.05, 4.69) is 47.0 Å². The van der Waals surface area contributed by atoms with Crippen molar-refractivity contribution in [2.24, 2.45) is 11.1 Å². The molecule has 0 bridgehead atoms. The number of fused-ring (bicyclic) bond motifs is 2. The number of esters is 2. The van der Waals surface area contributed by atoms with Gasteiger partial charge in [0.25, 0.3) is 11.8 Å². The molecule has 1 saturated heterocycles. The van der Waals surface area contributed by atoms with Gasteiger partial charge in [-0.3, -0.25) is 14.5 Å². The van der Waals surface area contributed by atoms with Crippen LogP contribution in [0.25, 0.3) is 55.4 Å². The molecule has 3 aliphatic rings. The van der Waals surface area contributed by atoms with E-state index in [-0.39, 0.29) is 50.6 Å². The van der Waals surface area contributed by atoms with Gasteiger partial charge in [-0.2, -0.15) is 9.97 Å². The van der Waals surface area contributed by atoms with Crippen LogP contribution in [-0.4, -0.2) is 75.6 Å². The number of benzene rings is 4. The quantitative estimate of drug-likeness (QED) is 0.0655. The maximum atomic E-state index is 12.7. The number of carbonyl (C=O) groups excluding carboxylic acids is 2. The number of hydrogen-bond acceptors (Lipinski definition) is 14. The number of hydrogen-bond donors (Lipinski definition) is 1. The van der Waals surface area contributed by atoms with E-state index in [1.54, 1.807) is 44.2 Å². The Labute approximate surface area is 389 Å². The highest BCUT2D eigenvalue weighted by Crippen LogP contribution is 2.47. The average molecular weight is 905 g/mol. The molecule has 2 N–H and O–H groups in total. The van der Waals surface area contributed by atoms with Gasteiger partial charge in [-0.25, -0.2) is 9.69 Å². The van der Waals surface area contributed by atoms with Crippen molar-refractivity contribution in [3.05, 3.63) is 118 Å². The molecule has 9 rings (SSSR count). The monoisotopic (exact) mass is 904 g/mol. The molecule has 0 unspecified atom stereocenters. The molecule has 16 heteroatoms. The Morgan fingerprint density at radius 2 is 1.21 bits per heavy atom. The molecule has 0 saturated carbocycles. The highest BCUT2D eigenvalue weighted by atomic mass is 16.6. The van der Waals surface area contributed by atoms with Gasteiger partial charge in [0.2, 0.25) is 23.0 Å². The van der Waals surface area contributed by atoms with Crippen LogP contribution in [-0.2, 0) is 31.9 Å². The maximum absolute atomic E-state index is 12.7. The summed E-state index contributed by atoms with van der Waals surface area (Å²) < 4.78 is 32.9. The summed E-state index contributed by atoms with van der Waals surface area (Å²) in [6.07, 6.45) is 3.43. The first-order valence-corrected chi connectivity index (χ1v) is 22.5. The van der Waals surface area contributed by atoms with Gasteiger partial charge in [-0.05, 0) is 126 Å². The Hall–Kier alpha value is -7.40. The van der Waals surface area contributed by atoms with Gasteiger partial charge in [-0.1, -0.05) is 46.7 Å². The van der Waals surface area contributed by atoms with Crippen LogP contribution in [0, 0.1) is 18.6 Å². The van der Waals surface area contributed by atoms with Crippen molar-refractivity contribution >= 4 is 23.3 Å². The predicted molar refractivity (Wildman–Crippen MR) is 248 cm³/mol. The maximum Gasteiger partial charge on any atom is 0.326 e. The minimum absolute atomic E-state index is 0.00194. The van der Waals surface area contributed by atoms with E-state index < -0.39 is 17.4 Å². The first-order chi connectivity index (χ1) is 32.4. The van der Waals surface area contributed by atoms with Crippen molar-refractivity contribution in [3.8, 4) is 57.2 Å². The summed E-state index contributed by atoms with van der Waals surface area (Å²) in [4.78, 5) is 43.9. The zero-order valence-corrected chi connectivity index (χ0v) is 38.4. The Bertz CT molecular complexity index is 2860. The second-order valence-electron chi connectivity index (χ2n) is 17.1. The molecular formula is C51H52N8O8. The topological polar surface area (TPSA) is 187 Å². The predicted octanol–water partition coefficient (Wildman–Crippen LogP) is 9.84. The lowest BCUT2D eigenvalue weighted by molar-refractivity contribution is -0.188. The van der Waals surface area contributed by atoms with E-state index in [1.807, 2.05) is 58.0 Å². The average Bonchev–Trinajstić information content (AvgIpc) is 4.14. The van der Waals surface area contributed by atoms with Crippen LogP contribution in [0.15, 0.2) is 81.8 Å². The molecule has 3 heterocycles. The zero-order valence-electron chi connectivity index (χ0n) is 38.4. The van der Waals surface area contributed by atoms with Crippen LogP contribution in [0.5, 0.6) is 11.5 Å². The summed E-state index contributed by atoms with van der Waals surface area (Å²) >= 11 is 0. The summed E-state index contributed by atoms with van der Waals surface area (Å²) in [6, 6.07) is 22.7. The molecule has 16 nitrogen and oxygen atoms in total. The largest absolute Gasteiger partial charge is 0.502 e. The molecule has 2 atom stereocenters. The fraction of sp³-hybridized carbons (Fsp3) is 0.373. The number of likely N-dealkylation sites (tertiary alicyclic amines) is 1. The van der Waals surface area contributed by atoms with E-state index >= 15 is 0 Å². The molecule has 0 radical (unpaired) electrons. The van der Waals surface area contributed by atoms with E-state index in [1.165, 1.54) is 5.56 Å². The summed E-state index contributed by atoms with van der Waals surface area (Å²) in [5.41, 5.74) is 13.4. The molecule has 6 aromatic rings. The molecule has 1 aliphatic heterocycles. The Kier molecular flexibility index (Phi) is 13.5. The van der Waals surface area contributed by atoms with Crippen LogP contribution >= 0.6 is 0 Å². The second-order valence-corrected chi connectivity index (χ2v) is 17.1. The van der Waals surface area contributed by atoms with E-state index in [4.69, 9.17) is 46.9 Å². The summed E-state index contributed by atoms with van der Waals surface area (Å²) in [7, 11) is 0. The number of aromatic nitrogens is 4. The van der Waals surface area contributed by atoms with Gasteiger partial charge in [0.05, 0.1) is 38.6 Å². The van der Waals surface area contributed by atoms with Gasteiger partial charge < -0.3 is 33.7 Å². The fourth-order valence-corrected chi connectivity index (χ4v) is 8.95. The standard InChI is InChI=1S/C30H32N4O6.C21H20N4O2/c1-6-37-28(35)30(29(36)38-7-2)16-34(17-30)24-13-12-20-21(24)9-8-10-22(20)26-32-27(40-33-26)19-11-14-25(39-18(3)4)23(15-19)31-5;1-12(2)26-19-10-7-13(11-18(19)23-3)21-24-20(25-27-21)16-6-4-5-15-14(16)8-9-17(15)22/h8-11,14-15,18,24H,6-7,12-13,16-17H2,1-4H3;4-7,10-12,17H,8-9,22H2,1-2H3/t24-;17-/m11/s1. The zero-order chi connectivity index (χ0) is 47.4. The van der Waals surface area contributed by atoms with Crippen molar-refractivity contribution in [2.45, 2.75) is 91.5 Å². The Morgan fingerprint density at radius 1 is 0.731 bits per heavy atom. The molecule has 2 aromatic heterocycles. The number of ether oxygens (including phenoxy) is 4. The number of nitrogens with zero attached hydrogens (tertiary/aromatic N) is 7. The first kappa shape index (κ1) is 46.1. The third-order valence-corrected chi connectivity index (χ3v) is 12.0. The van der Waals surface area contributed by atoms with Gasteiger partial charge in [0.15, 0.2) is 5.41 Å². The van der Waals surface area contributed by atoms with Crippen molar-refractivity contribution in [1.29, 1.82) is 0 Å². The minimum atomic E-state index is -1.28. The van der Waals surface area contributed by atoms with E-state index in [0.29, 0.717) is 57.4 Å². The third-order valence-electron chi connectivity index (χ3n) is 12.0. The lowest BCUT2D eigenvalue weighted by Gasteiger charge is -2.48.